The highest BCUT2D eigenvalue weighted by atomic mass is 19.1. The molecule has 2 fully saturated rings. The summed E-state index contributed by atoms with van der Waals surface area (Å²) in [5, 5.41) is 8.89. The number of hydrogen-bond donors (Lipinski definition) is 1. The average Bonchev–Trinajstić information content (AvgIpc) is 2.47. The summed E-state index contributed by atoms with van der Waals surface area (Å²) in [5.74, 6) is -1.24. The molecule has 1 saturated carbocycles. The van der Waals surface area contributed by atoms with Crippen molar-refractivity contribution in [2.24, 2.45) is 0 Å². The molecule has 0 radical (unpaired) electrons. The van der Waals surface area contributed by atoms with Gasteiger partial charge in [-0.05, 0) is 30.5 Å². The lowest BCUT2D eigenvalue weighted by atomic mass is 9.63. The molecular formula is C17H20FNO4. The van der Waals surface area contributed by atoms with E-state index in [1.165, 1.54) is 12.1 Å². The molecule has 0 unspecified atom stereocenters. The van der Waals surface area contributed by atoms with E-state index in [1.54, 1.807) is 17.0 Å². The van der Waals surface area contributed by atoms with Crippen molar-refractivity contribution in [3.05, 3.63) is 35.6 Å². The van der Waals surface area contributed by atoms with Crippen LogP contribution in [-0.4, -0.2) is 47.7 Å². The Kier molecular flexibility index (Phi) is 4.35. The lowest BCUT2D eigenvalue weighted by Crippen LogP contribution is -2.55. The Morgan fingerprint density at radius 1 is 1.30 bits per heavy atom. The van der Waals surface area contributed by atoms with Crippen LogP contribution in [0.4, 0.5) is 4.39 Å². The standard InChI is InChI=1S/C17H20FNO4/c18-13-4-2-12(3-5-13)17(6-1-7-17)16(22)19-8-9-23-14(11-19)10-15(20)21/h2-5,14H,1,6-11H2,(H,20,21)/t14-/m1/s1. The van der Waals surface area contributed by atoms with E-state index < -0.39 is 17.5 Å². The summed E-state index contributed by atoms with van der Waals surface area (Å²) in [6.45, 7) is 1.12. The van der Waals surface area contributed by atoms with Gasteiger partial charge < -0.3 is 14.7 Å². The summed E-state index contributed by atoms with van der Waals surface area (Å²) < 4.78 is 18.6. The van der Waals surface area contributed by atoms with E-state index in [2.05, 4.69) is 0 Å². The van der Waals surface area contributed by atoms with Gasteiger partial charge in [-0.15, -0.1) is 0 Å². The van der Waals surface area contributed by atoms with Gasteiger partial charge in [0, 0.05) is 13.1 Å². The minimum Gasteiger partial charge on any atom is -0.481 e. The highest BCUT2D eigenvalue weighted by Crippen LogP contribution is 2.45. The van der Waals surface area contributed by atoms with E-state index in [0.717, 1.165) is 24.8 Å². The SMILES string of the molecule is O=C(O)C[C@@H]1CN(C(=O)C2(c3ccc(F)cc3)CCC2)CCO1. The summed E-state index contributed by atoms with van der Waals surface area (Å²) >= 11 is 0. The summed E-state index contributed by atoms with van der Waals surface area (Å²) in [6.07, 6.45) is 1.89. The zero-order valence-corrected chi connectivity index (χ0v) is 12.8. The zero-order valence-electron chi connectivity index (χ0n) is 12.8. The molecule has 1 atom stereocenters. The van der Waals surface area contributed by atoms with Gasteiger partial charge in [0.25, 0.3) is 0 Å². The molecule has 3 rings (SSSR count). The van der Waals surface area contributed by atoms with Crippen molar-refractivity contribution >= 4 is 11.9 Å². The van der Waals surface area contributed by atoms with Crippen LogP contribution < -0.4 is 0 Å². The topological polar surface area (TPSA) is 66.8 Å². The number of hydrogen-bond acceptors (Lipinski definition) is 3. The number of morpholine rings is 1. The van der Waals surface area contributed by atoms with Crippen LogP contribution in [-0.2, 0) is 19.7 Å². The number of carboxylic acids is 1. The normalized spacial score (nSPS) is 23.2. The second kappa shape index (κ2) is 6.28. The third-order valence-corrected chi connectivity index (χ3v) is 4.84. The van der Waals surface area contributed by atoms with Crippen molar-refractivity contribution in [2.75, 3.05) is 19.7 Å². The molecule has 1 aromatic carbocycles. The molecule has 1 N–H and O–H groups in total. The Balaban J connectivity index is 1.77. The smallest absolute Gasteiger partial charge is 0.306 e. The van der Waals surface area contributed by atoms with Crippen molar-refractivity contribution in [3.8, 4) is 0 Å². The largest absolute Gasteiger partial charge is 0.481 e. The van der Waals surface area contributed by atoms with Crippen LogP contribution in [0.3, 0.4) is 0 Å². The first kappa shape index (κ1) is 15.9. The number of carbonyl (C=O) groups excluding carboxylic acids is 1. The van der Waals surface area contributed by atoms with E-state index in [1.807, 2.05) is 0 Å². The van der Waals surface area contributed by atoms with Crippen LogP contribution in [0.1, 0.15) is 31.2 Å². The van der Waals surface area contributed by atoms with Crippen molar-refractivity contribution in [2.45, 2.75) is 37.2 Å². The third kappa shape index (κ3) is 3.08. The Hall–Kier alpha value is -1.95. The van der Waals surface area contributed by atoms with E-state index in [0.29, 0.717) is 19.7 Å². The van der Waals surface area contributed by atoms with Crippen LogP contribution in [0.15, 0.2) is 24.3 Å². The van der Waals surface area contributed by atoms with Crippen molar-refractivity contribution in [1.29, 1.82) is 0 Å². The van der Waals surface area contributed by atoms with Crippen molar-refractivity contribution in [3.63, 3.8) is 0 Å². The van der Waals surface area contributed by atoms with E-state index >= 15 is 0 Å². The van der Waals surface area contributed by atoms with Gasteiger partial charge in [-0.3, -0.25) is 9.59 Å². The molecule has 1 saturated heterocycles. The Morgan fingerprint density at radius 3 is 2.57 bits per heavy atom. The maximum Gasteiger partial charge on any atom is 0.306 e. The van der Waals surface area contributed by atoms with Gasteiger partial charge in [0.1, 0.15) is 5.82 Å². The number of carbonyl (C=O) groups is 2. The molecule has 1 amide bonds. The number of carboxylic acid groups (broad SMARTS) is 1. The van der Waals surface area contributed by atoms with Gasteiger partial charge in [-0.2, -0.15) is 0 Å². The monoisotopic (exact) mass is 321 g/mol. The van der Waals surface area contributed by atoms with Gasteiger partial charge >= 0.3 is 5.97 Å². The molecule has 1 heterocycles. The van der Waals surface area contributed by atoms with Crippen LogP contribution in [0.25, 0.3) is 0 Å². The summed E-state index contributed by atoms with van der Waals surface area (Å²) in [5.41, 5.74) is 0.259. The molecule has 5 nitrogen and oxygen atoms in total. The molecule has 1 aliphatic heterocycles. The van der Waals surface area contributed by atoms with Gasteiger partial charge in [-0.25, -0.2) is 4.39 Å². The van der Waals surface area contributed by atoms with E-state index in [9.17, 15) is 14.0 Å². The Bertz CT molecular complexity index is 597. The average molecular weight is 321 g/mol. The number of halogens is 1. The third-order valence-electron chi connectivity index (χ3n) is 4.84. The lowest BCUT2D eigenvalue weighted by Gasteiger charge is -2.45. The summed E-state index contributed by atoms with van der Waals surface area (Å²) in [4.78, 5) is 25.6. The fourth-order valence-corrected chi connectivity index (χ4v) is 3.45. The molecule has 0 spiro atoms. The van der Waals surface area contributed by atoms with E-state index in [4.69, 9.17) is 9.84 Å². The Morgan fingerprint density at radius 2 is 2.00 bits per heavy atom. The van der Waals surface area contributed by atoms with Gasteiger partial charge in [0.15, 0.2) is 0 Å². The van der Waals surface area contributed by atoms with Gasteiger partial charge in [-0.1, -0.05) is 18.6 Å². The van der Waals surface area contributed by atoms with Crippen LogP contribution in [0, 0.1) is 5.82 Å². The molecule has 0 bridgehead atoms. The minimum absolute atomic E-state index is 0.00838. The zero-order chi connectivity index (χ0) is 16.4. The number of nitrogens with zero attached hydrogens (tertiary/aromatic N) is 1. The highest BCUT2D eigenvalue weighted by Gasteiger charge is 2.48. The van der Waals surface area contributed by atoms with Crippen molar-refractivity contribution in [1.82, 2.24) is 4.90 Å². The van der Waals surface area contributed by atoms with Gasteiger partial charge in [0.05, 0.1) is 24.5 Å². The minimum atomic E-state index is -0.929. The molecule has 124 valence electrons. The van der Waals surface area contributed by atoms with Crippen molar-refractivity contribution < 1.29 is 23.8 Å². The fourth-order valence-electron chi connectivity index (χ4n) is 3.45. The predicted octanol–water partition coefficient (Wildman–Crippen LogP) is 1.95. The molecule has 1 aromatic rings. The first-order valence-electron chi connectivity index (χ1n) is 7.90. The highest BCUT2D eigenvalue weighted by molar-refractivity contribution is 5.89. The lowest BCUT2D eigenvalue weighted by molar-refractivity contribution is -0.153. The molecule has 1 aliphatic carbocycles. The predicted molar refractivity (Wildman–Crippen MR) is 80.5 cm³/mol. The fraction of sp³-hybridized carbons (Fsp3) is 0.529. The second-order valence-corrected chi connectivity index (χ2v) is 6.28. The molecular weight excluding hydrogens is 301 g/mol. The van der Waals surface area contributed by atoms with Gasteiger partial charge in [0.2, 0.25) is 5.91 Å². The molecule has 2 aliphatic rings. The second-order valence-electron chi connectivity index (χ2n) is 6.28. The first-order chi connectivity index (χ1) is 11.0. The quantitative estimate of drug-likeness (QED) is 0.920. The summed E-state index contributed by atoms with van der Waals surface area (Å²) in [7, 11) is 0. The number of rotatable bonds is 4. The maximum absolute atomic E-state index is 13.2. The number of amides is 1. The number of ether oxygens (including phenoxy) is 1. The van der Waals surface area contributed by atoms with Crippen LogP contribution in [0.5, 0.6) is 0 Å². The Labute approximate surface area is 134 Å². The number of aliphatic carboxylic acids is 1. The van der Waals surface area contributed by atoms with Crippen LogP contribution >= 0.6 is 0 Å². The first-order valence-corrected chi connectivity index (χ1v) is 7.90. The summed E-state index contributed by atoms with van der Waals surface area (Å²) in [6, 6.07) is 6.13. The number of benzene rings is 1. The maximum atomic E-state index is 13.2. The molecule has 0 aromatic heterocycles. The molecule has 23 heavy (non-hydrogen) atoms. The van der Waals surface area contributed by atoms with E-state index in [-0.39, 0.29) is 18.1 Å². The van der Waals surface area contributed by atoms with Crippen LogP contribution in [0.2, 0.25) is 0 Å². The molecule has 6 heteroatoms.